The lowest BCUT2D eigenvalue weighted by Gasteiger charge is -2.40. The summed E-state index contributed by atoms with van der Waals surface area (Å²) in [6.45, 7) is 2.79. The number of thiophene rings is 1. The number of carbonyl (C=O) groups excluding carboxylic acids is 1. The van der Waals surface area contributed by atoms with Crippen LogP contribution in [0.5, 0.6) is 0 Å². The molecule has 3 heterocycles. The molecule has 1 saturated heterocycles. The van der Waals surface area contributed by atoms with Crippen LogP contribution in [0.25, 0.3) is 0 Å². The minimum atomic E-state index is -0.135. The number of nitrogens with one attached hydrogen (secondary N) is 2. The first kappa shape index (κ1) is 13.7. The van der Waals surface area contributed by atoms with E-state index in [-0.39, 0.29) is 11.5 Å². The SMILES string of the molecule is O=C(NC1CCC1)c1cc2c(s1)CCOC21CCNCC1. The van der Waals surface area contributed by atoms with Crippen LogP contribution in [0, 0.1) is 0 Å². The molecule has 3 aliphatic rings. The van der Waals surface area contributed by atoms with Gasteiger partial charge in [0.15, 0.2) is 0 Å². The average Bonchev–Trinajstić information content (AvgIpc) is 2.90. The van der Waals surface area contributed by atoms with Gasteiger partial charge in [0.05, 0.1) is 17.1 Å². The zero-order chi connectivity index (χ0) is 14.3. The van der Waals surface area contributed by atoms with E-state index in [0.29, 0.717) is 6.04 Å². The molecule has 1 saturated carbocycles. The summed E-state index contributed by atoms with van der Waals surface area (Å²) >= 11 is 1.68. The Morgan fingerprint density at radius 2 is 2.19 bits per heavy atom. The van der Waals surface area contributed by atoms with Crippen molar-refractivity contribution in [2.24, 2.45) is 0 Å². The van der Waals surface area contributed by atoms with Gasteiger partial charge < -0.3 is 15.4 Å². The molecule has 0 bridgehead atoms. The fourth-order valence-corrected chi connectivity index (χ4v) is 4.72. The molecule has 5 heteroatoms. The third kappa shape index (κ3) is 2.41. The first-order chi connectivity index (χ1) is 10.3. The molecule has 1 spiro atoms. The van der Waals surface area contributed by atoms with E-state index < -0.39 is 0 Å². The van der Waals surface area contributed by atoms with E-state index in [1.165, 1.54) is 16.9 Å². The van der Waals surface area contributed by atoms with Gasteiger partial charge in [0.1, 0.15) is 0 Å². The van der Waals surface area contributed by atoms with Gasteiger partial charge in [0, 0.05) is 17.3 Å². The molecule has 0 atom stereocenters. The summed E-state index contributed by atoms with van der Waals surface area (Å²) in [6, 6.07) is 2.51. The van der Waals surface area contributed by atoms with Crippen LogP contribution in [0.2, 0.25) is 0 Å². The number of rotatable bonds is 2. The first-order valence-electron chi connectivity index (χ1n) is 8.06. The van der Waals surface area contributed by atoms with Gasteiger partial charge in [-0.25, -0.2) is 0 Å². The molecule has 1 amide bonds. The predicted octanol–water partition coefficient (Wildman–Crippen LogP) is 2.18. The van der Waals surface area contributed by atoms with Crippen LogP contribution in [0.15, 0.2) is 6.07 Å². The highest BCUT2D eigenvalue weighted by Crippen LogP contribution is 2.43. The largest absolute Gasteiger partial charge is 0.370 e. The molecular formula is C16H22N2O2S. The van der Waals surface area contributed by atoms with E-state index in [4.69, 9.17) is 4.74 Å². The molecule has 2 N–H and O–H groups in total. The molecule has 2 fully saturated rings. The van der Waals surface area contributed by atoms with Crippen LogP contribution in [-0.4, -0.2) is 31.6 Å². The minimum absolute atomic E-state index is 0.114. The van der Waals surface area contributed by atoms with Crippen molar-refractivity contribution < 1.29 is 9.53 Å². The van der Waals surface area contributed by atoms with Crippen LogP contribution < -0.4 is 10.6 Å². The lowest BCUT2D eigenvalue weighted by molar-refractivity contribution is -0.0792. The second-order valence-electron chi connectivity index (χ2n) is 6.39. The Balaban J connectivity index is 1.59. The second kappa shape index (κ2) is 5.38. The maximum atomic E-state index is 12.4. The second-order valence-corrected chi connectivity index (χ2v) is 7.53. The number of ether oxygens (including phenoxy) is 1. The first-order valence-corrected chi connectivity index (χ1v) is 8.87. The predicted molar refractivity (Wildman–Crippen MR) is 82.9 cm³/mol. The van der Waals surface area contributed by atoms with Crippen molar-refractivity contribution in [2.45, 2.75) is 50.2 Å². The fraction of sp³-hybridized carbons (Fsp3) is 0.688. The molecule has 2 aliphatic heterocycles. The molecule has 114 valence electrons. The number of hydrogen-bond acceptors (Lipinski definition) is 4. The molecule has 1 aromatic rings. The summed E-state index contributed by atoms with van der Waals surface area (Å²) < 4.78 is 6.17. The van der Waals surface area contributed by atoms with E-state index in [1.54, 1.807) is 11.3 Å². The quantitative estimate of drug-likeness (QED) is 0.880. The van der Waals surface area contributed by atoms with Crippen molar-refractivity contribution in [1.82, 2.24) is 10.6 Å². The maximum absolute atomic E-state index is 12.4. The van der Waals surface area contributed by atoms with Crippen molar-refractivity contribution in [3.05, 3.63) is 21.4 Å². The number of carbonyl (C=O) groups is 1. The van der Waals surface area contributed by atoms with E-state index in [9.17, 15) is 4.79 Å². The molecule has 4 rings (SSSR count). The van der Waals surface area contributed by atoms with Gasteiger partial charge in [-0.2, -0.15) is 0 Å². The molecule has 21 heavy (non-hydrogen) atoms. The third-order valence-corrected chi connectivity index (χ3v) is 6.28. The van der Waals surface area contributed by atoms with E-state index in [1.807, 2.05) is 0 Å². The van der Waals surface area contributed by atoms with Gasteiger partial charge >= 0.3 is 0 Å². The standard InChI is InChI=1S/C16H22N2O2S/c19-15(18-11-2-1-3-11)14-10-12-13(21-14)4-9-20-16(12)5-7-17-8-6-16/h10-11,17H,1-9H2,(H,18,19). The molecule has 1 aliphatic carbocycles. The summed E-state index contributed by atoms with van der Waals surface area (Å²) in [5, 5.41) is 6.55. The Labute approximate surface area is 129 Å². The summed E-state index contributed by atoms with van der Waals surface area (Å²) in [4.78, 5) is 14.6. The lowest BCUT2D eigenvalue weighted by atomic mass is 9.83. The molecule has 4 nitrogen and oxygen atoms in total. The molecule has 1 aromatic heterocycles. The van der Waals surface area contributed by atoms with Crippen molar-refractivity contribution in [3.63, 3.8) is 0 Å². The highest BCUT2D eigenvalue weighted by Gasteiger charge is 2.40. The van der Waals surface area contributed by atoms with Crippen LogP contribution >= 0.6 is 11.3 Å². The van der Waals surface area contributed by atoms with Gasteiger partial charge in [0.2, 0.25) is 0 Å². The topological polar surface area (TPSA) is 50.4 Å². The number of hydrogen-bond donors (Lipinski definition) is 2. The number of amides is 1. The molecule has 0 unspecified atom stereocenters. The van der Waals surface area contributed by atoms with E-state index in [0.717, 1.165) is 56.7 Å². The Morgan fingerprint density at radius 3 is 2.90 bits per heavy atom. The molecular weight excluding hydrogens is 284 g/mol. The summed E-state index contributed by atoms with van der Waals surface area (Å²) in [5.41, 5.74) is 1.16. The normalized spacial score (nSPS) is 24.4. The number of piperidine rings is 1. The summed E-state index contributed by atoms with van der Waals surface area (Å²) in [6.07, 6.45) is 6.49. The van der Waals surface area contributed by atoms with Crippen LogP contribution in [0.3, 0.4) is 0 Å². The van der Waals surface area contributed by atoms with Crippen molar-refractivity contribution >= 4 is 17.2 Å². The van der Waals surface area contributed by atoms with Gasteiger partial charge in [-0.15, -0.1) is 11.3 Å². The number of fused-ring (bicyclic) bond motifs is 2. The summed E-state index contributed by atoms with van der Waals surface area (Å²) in [7, 11) is 0. The Kier molecular flexibility index (Phi) is 3.52. The lowest BCUT2D eigenvalue weighted by Crippen LogP contribution is -2.44. The van der Waals surface area contributed by atoms with Crippen molar-refractivity contribution in [2.75, 3.05) is 19.7 Å². The van der Waals surface area contributed by atoms with E-state index in [2.05, 4.69) is 16.7 Å². The molecule has 0 radical (unpaired) electrons. The van der Waals surface area contributed by atoms with Gasteiger partial charge in [0.25, 0.3) is 5.91 Å². The van der Waals surface area contributed by atoms with Gasteiger partial charge in [-0.3, -0.25) is 4.79 Å². The zero-order valence-electron chi connectivity index (χ0n) is 12.2. The fourth-order valence-electron chi connectivity index (χ4n) is 3.58. The Hall–Kier alpha value is -0.910. The smallest absolute Gasteiger partial charge is 0.261 e. The monoisotopic (exact) mass is 306 g/mol. The highest BCUT2D eigenvalue weighted by atomic mass is 32.1. The van der Waals surface area contributed by atoms with Crippen LogP contribution in [-0.2, 0) is 16.8 Å². The van der Waals surface area contributed by atoms with Crippen LogP contribution in [0.1, 0.15) is 52.2 Å². The maximum Gasteiger partial charge on any atom is 0.261 e. The Bertz CT molecular complexity index is 544. The Morgan fingerprint density at radius 1 is 1.38 bits per heavy atom. The zero-order valence-corrected chi connectivity index (χ0v) is 13.1. The highest BCUT2D eigenvalue weighted by molar-refractivity contribution is 7.14. The van der Waals surface area contributed by atoms with Crippen LogP contribution in [0.4, 0.5) is 0 Å². The molecule has 0 aromatic carbocycles. The van der Waals surface area contributed by atoms with Gasteiger partial charge in [-0.1, -0.05) is 0 Å². The third-order valence-electron chi connectivity index (χ3n) is 5.08. The van der Waals surface area contributed by atoms with Crippen molar-refractivity contribution in [3.8, 4) is 0 Å². The van der Waals surface area contributed by atoms with E-state index >= 15 is 0 Å². The van der Waals surface area contributed by atoms with Gasteiger partial charge in [-0.05, 0) is 56.8 Å². The van der Waals surface area contributed by atoms with Crippen molar-refractivity contribution in [1.29, 1.82) is 0 Å². The summed E-state index contributed by atoms with van der Waals surface area (Å²) in [5.74, 6) is 0.114. The average molecular weight is 306 g/mol. The minimum Gasteiger partial charge on any atom is -0.370 e.